The van der Waals surface area contributed by atoms with Gasteiger partial charge >= 0.3 is 0 Å². The number of hydrogen-bond donors (Lipinski definition) is 1. The standard InChI is InChI=1S/C17H17Cl2FN2OS/c18-11-9-12(19)13(20)8-10(11)17(23)21-7-3-6-16-22-14-4-1-2-5-15(14)24-16/h8-9H,1-7H2,(H,21,23). The van der Waals surface area contributed by atoms with Gasteiger partial charge in [-0.05, 0) is 44.2 Å². The zero-order valence-corrected chi connectivity index (χ0v) is 15.3. The lowest BCUT2D eigenvalue weighted by Gasteiger charge is -2.07. The first-order chi connectivity index (χ1) is 11.5. The van der Waals surface area contributed by atoms with Gasteiger partial charge in [0, 0.05) is 17.8 Å². The summed E-state index contributed by atoms with van der Waals surface area (Å²) in [7, 11) is 0. The largest absolute Gasteiger partial charge is 0.352 e. The summed E-state index contributed by atoms with van der Waals surface area (Å²) >= 11 is 13.4. The molecule has 0 saturated heterocycles. The third-order valence-corrected chi connectivity index (χ3v) is 5.82. The number of amides is 1. The van der Waals surface area contributed by atoms with E-state index in [-0.39, 0.29) is 15.6 Å². The molecule has 3 rings (SSSR count). The quantitative estimate of drug-likeness (QED) is 0.590. The highest BCUT2D eigenvalue weighted by atomic mass is 35.5. The molecular weight excluding hydrogens is 370 g/mol. The first kappa shape index (κ1) is 17.6. The third-order valence-electron chi connectivity index (χ3n) is 4.00. The molecule has 2 aromatic rings. The fourth-order valence-corrected chi connectivity index (χ4v) is 4.41. The van der Waals surface area contributed by atoms with Crippen LogP contribution in [0.15, 0.2) is 12.1 Å². The van der Waals surface area contributed by atoms with Crippen LogP contribution in [0.1, 0.15) is 45.2 Å². The molecule has 0 spiro atoms. The minimum atomic E-state index is -0.653. The van der Waals surface area contributed by atoms with Gasteiger partial charge in [-0.1, -0.05) is 23.2 Å². The molecule has 1 amide bonds. The van der Waals surface area contributed by atoms with Crippen molar-refractivity contribution in [1.29, 1.82) is 0 Å². The molecule has 0 bridgehead atoms. The minimum absolute atomic E-state index is 0.0933. The highest BCUT2D eigenvalue weighted by Crippen LogP contribution is 2.27. The Bertz CT molecular complexity index is 740. The number of benzene rings is 1. The molecule has 1 aromatic heterocycles. The number of thiazole rings is 1. The van der Waals surface area contributed by atoms with Gasteiger partial charge < -0.3 is 5.32 Å². The number of halogens is 3. The molecule has 1 N–H and O–H groups in total. The van der Waals surface area contributed by atoms with Gasteiger partial charge in [0.05, 0.1) is 26.3 Å². The smallest absolute Gasteiger partial charge is 0.252 e. The highest BCUT2D eigenvalue weighted by molar-refractivity contribution is 7.11. The Balaban J connectivity index is 1.50. The van der Waals surface area contributed by atoms with Gasteiger partial charge in [0.1, 0.15) is 5.82 Å². The van der Waals surface area contributed by atoms with E-state index < -0.39 is 11.7 Å². The lowest BCUT2D eigenvalue weighted by molar-refractivity contribution is 0.0953. The van der Waals surface area contributed by atoms with Gasteiger partial charge in [-0.15, -0.1) is 11.3 Å². The molecule has 24 heavy (non-hydrogen) atoms. The fraction of sp³-hybridized carbons (Fsp3) is 0.412. The van der Waals surface area contributed by atoms with E-state index in [0.717, 1.165) is 36.8 Å². The van der Waals surface area contributed by atoms with Gasteiger partial charge in [0.2, 0.25) is 0 Å². The Morgan fingerprint density at radius 1 is 1.25 bits per heavy atom. The van der Waals surface area contributed by atoms with Gasteiger partial charge in [-0.2, -0.15) is 0 Å². The summed E-state index contributed by atoms with van der Waals surface area (Å²) in [6, 6.07) is 2.31. The predicted octanol–water partition coefficient (Wildman–Crippen LogP) is 4.83. The normalized spacial score (nSPS) is 13.6. The average Bonchev–Trinajstić information content (AvgIpc) is 2.97. The third kappa shape index (κ3) is 4.08. The minimum Gasteiger partial charge on any atom is -0.352 e. The summed E-state index contributed by atoms with van der Waals surface area (Å²) in [5.41, 5.74) is 1.36. The first-order valence-corrected chi connectivity index (χ1v) is 9.52. The lowest BCUT2D eigenvalue weighted by Crippen LogP contribution is -2.25. The Morgan fingerprint density at radius 3 is 2.83 bits per heavy atom. The van der Waals surface area contributed by atoms with Crippen LogP contribution in [0.25, 0.3) is 0 Å². The number of fused-ring (bicyclic) bond motifs is 1. The van der Waals surface area contributed by atoms with Crippen molar-refractivity contribution in [3.05, 3.63) is 49.1 Å². The molecule has 3 nitrogen and oxygen atoms in total. The van der Waals surface area contributed by atoms with Crippen molar-refractivity contribution in [2.24, 2.45) is 0 Å². The van der Waals surface area contributed by atoms with Crippen molar-refractivity contribution < 1.29 is 9.18 Å². The van der Waals surface area contributed by atoms with E-state index in [1.807, 2.05) is 0 Å². The van der Waals surface area contributed by atoms with Crippen LogP contribution in [-0.4, -0.2) is 17.4 Å². The lowest BCUT2D eigenvalue weighted by atomic mass is 10.0. The molecular formula is C17H17Cl2FN2OS. The Morgan fingerprint density at radius 2 is 2.04 bits per heavy atom. The number of carbonyl (C=O) groups is 1. The van der Waals surface area contributed by atoms with Crippen LogP contribution >= 0.6 is 34.5 Å². The summed E-state index contributed by atoms with van der Waals surface area (Å²) in [6.45, 7) is 0.490. The number of nitrogens with one attached hydrogen (secondary N) is 1. The number of aryl methyl sites for hydroxylation is 3. The molecule has 0 fully saturated rings. The maximum absolute atomic E-state index is 13.5. The number of hydrogen-bond acceptors (Lipinski definition) is 3. The zero-order chi connectivity index (χ0) is 17.1. The summed E-state index contributed by atoms with van der Waals surface area (Å²) in [5.74, 6) is -1.05. The zero-order valence-electron chi connectivity index (χ0n) is 13.0. The van der Waals surface area contributed by atoms with Gasteiger partial charge in [0.25, 0.3) is 5.91 Å². The molecule has 1 aromatic carbocycles. The van der Waals surface area contributed by atoms with Crippen LogP contribution in [0.4, 0.5) is 4.39 Å². The van der Waals surface area contributed by atoms with Crippen molar-refractivity contribution in [1.82, 2.24) is 10.3 Å². The topological polar surface area (TPSA) is 42.0 Å². The van der Waals surface area contributed by atoms with Crippen molar-refractivity contribution in [2.45, 2.75) is 38.5 Å². The molecule has 7 heteroatoms. The number of nitrogens with zero attached hydrogens (tertiary/aromatic N) is 1. The van der Waals surface area contributed by atoms with E-state index in [1.165, 1.54) is 29.5 Å². The molecule has 0 atom stereocenters. The molecule has 0 aliphatic heterocycles. The van der Waals surface area contributed by atoms with E-state index in [0.29, 0.717) is 6.54 Å². The van der Waals surface area contributed by atoms with Crippen molar-refractivity contribution >= 4 is 40.4 Å². The second-order valence-corrected chi connectivity index (χ2v) is 7.77. The fourth-order valence-electron chi connectivity index (χ4n) is 2.75. The predicted molar refractivity (Wildman–Crippen MR) is 95.8 cm³/mol. The van der Waals surface area contributed by atoms with Crippen LogP contribution < -0.4 is 5.32 Å². The Labute approximate surface area is 154 Å². The summed E-state index contributed by atoms with van der Waals surface area (Å²) in [6.07, 6.45) is 6.33. The maximum atomic E-state index is 13.5. The van der Waals surface area contributed by atoms with Gasteiger partial charge in [-0.3, -0.25) is 4.79 Å². The van der Waals surface area contributed by atoms with Crippen LogP contribution in [0, 0.1) is 5.82 Å². The number of rotatable bonds is 5. The summed E-state index contributed by atoms with van der Waals surface area (Å²) < 4.78 is 13.5. The Hall–Kier alpha value is -1.17. The van der Waals surface area contributed by atoms with E-state index in [9.17, 15) is 9.18 Å². The molecule has 1 aliphatic carbocycles. The monoisotopic (exact) mass is 386 g/mol. The van der Waals surface area contributed by atoms with Crippen molar-refractivity contribution in [3.8, 4) is 0 Å². The van der Waals surface area contributed by atoms with Crippen molar-refractivity contribution in [3.63, 3.8) is 0 Å². The highest BCUT2D eigenvalue weighted by Gasteiger charge is 2.16. The Kier molecular flexibility index (Phi) is 5.74. The van der Waals surface area contributed by atoms with E-state index in [4.69, 9.17) is 23.2 Å². The van der Waals surface area contributed by atoms with E-state index in [1.54, 1.807) is 11.3 Å². The molecule has 128 valence electrons. The molecule has 0 radical (unpaired) electrons. The van der Waals surface area contributed by atoms with E-state index in [2.05, 4.69) is 10.3 Å². The van der Waals surface area contributed by atoms with Crippen LogP contribution in [0.2, 0.25) is 10.0 Å². The van der Waals surface area contributed by atoms with E-state index >= 15 is 0 Å². The first-order valence-electron chi connectivity index (χ1n) is 7.95. The van der Waals surface area contributed by atoms with Crippen LogP contribution in [-0.2, 0) is 19.3 Å². The van der Waals surface area contributed by atoms with Crippen LogP contribution in [0.5, 0.6) is 0 Å². The second-order valence-electron chi connectivity index (χ2n) is 5.79. The average molecular weight is 387 g/mol. The van der Waals surface area contributed by atoms with Crippen molar-refractivity contribution in [2.75, 3.05) is 6.54 Å². The second kappa shape index (κ2) is 7.81. The van der Waals surface area contributed by atoms with Gasteiger partial charge in [0.15, 0.2) is 0 Å². The van der Waals surface area contributed by atoms with Gasteiger partial charge in [-0.25, -0.2) is 9.37 Å². The molecule has 1 aliphatic rings. The summed E-state index contributed by atoms with van der Waals surface area (Å²) in [5, 5.41) is 3.95. The molecule has 0 unspecified atom stereocenters. The molecule has 0 saturated carbocycles. The molecule has 1 heterocycles. The number of aromatic nitrogens is 1. The van der Waals surface area contributed by atoms with Crippen LogP contribution in [0.3, 0.4) is 0 Å². The maximum Gasteiger partial charge on any atom is 0.252 e. The summed E-state index contributed by atoms with van der Waals surface area (Å²) in [4.78, 5) is 18.2. The SMILES string of the molecule is O=C(NCCCc1nc2c(s1)CCCC2)c1cc(F)c(Cl)cc1Cl. The number of carbonyl (C=O) groups excluding carboxylic acids is 1.